The van der Waals surface area contributed by atoms with Crippen LogP contribution in [0.15, 0.2) is 0 Å². The molecule has 0 aliphatic heterocycles. The number of nitrogens with two attached hydrogens (primary N) is 1. The van der Waals surface area contributed by atoms with E-state index in [1.807, 2.05) is 13.8 Å². The maximum absolute atomic E-state index is 12.2. The fourth-order valence-corrected chi connectivity index (χ4v) is 2.80. The summed E-state index contributed by atoms with van der Waals surface area (Å²) in [5.41, 5.74) is 5.05. The summed E-state index contributed by atoms with van der Waals surface area (Å²) >= 11 is 4.99. The van der Waals surface area contributed by atoms with Crippen molar-refractivity contribution in [1.82, 2.24) is 5.32 Å². The number of nitrogens with one attached hydrogen (secondary N) is 1. The summed E-state index contributed by atoms with van der Waals surface area (Å²) in [7, 11) is 0. The molecular formula is C13H24N2OS. The van der Waals surface area contributed by atoms with Crippen LogP contribution in [0.1, 0.15) is 53.9 Å². The Balaban J connectivity index is 2.66. The average molecular weight is 256 g/mol. The normalized spacial score (nSPS) is 18.6. The van der Waals surface area contributed by atoms with Gasteiger partial charge in [-0.1, -0.05) is 33.0 Å². The third-order valence-corrected chi connectivity index (χ3v) is 3.47. The highest BCUT2D eigenvalue weighted by Gasteiger charge is 2.53. The van der Waals surface area contributed by atoms with Crippen molar-refractivity contribution in [3.8, 4) is 0 Å². The third-order valence-electron chi connectivity index (χ3n) is 3.08. The number of hydrogen-bond donors (Lipinski definition) is 2. The molecular weight excluding hydrogens is 232 g/mol. The minimum absolute atomic E-state index is 0.000694. The zero-order valence-corrected chi connectivity index (χ0v) is 12.3. The van der Waals surface area contributed by atoms with Crippen molar-refractivity contribution >= 4 is 23.1 Å². The quantitative estimate of drug-likeness (QED) is 0.759. The van der Waals surface area contributed by atoms with Gasteiger partial charge in [-0.05, 0) is 38.5 Å². The molecule has 1 aliphatic carbocycles. The van der Waals surface area contributed by atoms with Gasteiger partial charge in [0.2, 0.25) is 5.91 Å². The minimum atomic E-state index is -0.551. The highest BCUT2D eigenvalue weighted by Crippen LogP contribution is 2.46. The molecule has 0 heterocycles. The van der Waals surface area contributed by atoms with Crippen LogP contribution >= 0.6 is 12.2 Å². The SMILES string of the molecule is CC(C)(C)CC(C)(C)NC(=O)C1(C(N)=S)CC1. The molecule has 0 atom stereocenters. The van der Waals surface area contributed by atoms with Gasteiger partial charge in [0, 0.05) is 5.54 Å². The molecule has 0 aromatic heterocycles. The largest absolute Gasteiger partial charge is 0.392 e. The van der Waals surface area contributed by atoms with Gasteiger partial charge in [-0.25, -0.2) is 0 Å². The summed E-state index contributed by atoms with van der Waals surface area (Å²) < 4.78 is 0. The minimum Gasteiger partial charge on any atom is -0.392 e. The smallest absolute Gasteiger partial charge is 0.233 e. The highest BCUT2D eigenvalue weighted by atomic mass is 32.1. The van der Waals surface area contributed by atoms with E-state index in [9.17, 15) is 4.79 Å². The number of amides is 1. The van der Waals surface area contributed by atoms with Crippen molar-refractivity contribution in [3.63, 3.8) is 0 Å². The Labute approximate surface area is 110 Å². The first-order valence-electron chi connectivity index (χ1n) is 6.11. The fraction of sp³-hybridized carbons (Fsp3) is 0.846. The Morgan fingerprint density at radius 3 is 2.06 bits per heavy atom. The molecule has 0 unspecified atom stereocenters. The first-order valence-corrected chi connectivity index (χ1v) is 6.52. The molecule has 0 aromatic carbocycles. The van der Waals surface area contributed by atoms with E-state index < -0.39 is 5.41 Å². The van der Waals surface area contributed by atoms with Gasteiger partial charge in [0.25, 0.3) is 0 Å². The molecule has 0 radical (unpaired) electrons. The van der Waals surface area contributed by atoms with Gasteiger partial charge in [0.1, 0.15) is 0 Å². The van der Waals surface area contributed by atoms with Crippen molar-refractivity contribution in [3.05, 3.63) is 0 Å². The molecule has 1 amide bonds. The van der Waals surface area contributed by atoms with Crippen LogP contribution in [0, 0.1) is 10.8 Å². The maximum atomic E-state index is 12.2. The molecule has 1 saturated carbocycles. The van der Waals surface area contributed by atoms with E-state index in [4.69, 9.17) is 18.0 Å². The molecule has 0 spiro atoms. The van der Waals surface area contributed by atoms with Crippen molar-refractivity contribution in [2.45, 2.75) is 59.4 Å². The van der Waals surface area contributed by atoms with Crippen molar-refractivity contribution in [2.24, 2.45) is 16.6 Å². The first-order chi connectivity index (χ1) is 7.49. The van der Waals surface area contributed by atoms with Gasteiger partial charge in [-0.2, -0.15) is 0 Å². The predicted molar refractivity (Wildman–Crippen MR) is 74.7 cm³/mol. The Bertz CT molecular complexity index is 338. The van der Waals surface area contributed by atoms with Gasteiger partial charge < -0.3 is 11.1 Å². The highest BCUT2D eigenvalue weighted by molar-refractivity contribution is 7.80. The van der Waals surface area contributed by atoms with Crippen LogP contribution in [0.5, 0.6) is 0 Å². The topological polar surface area (TPSA) is 55.1 Å². The van der Waals surface area contributed by atoms with Gasteiger partial charge in [0.15, 0.2) is 0 Å². The van der Waals surface area contributed by atoms with E-state index in [-0.39, 0.29) is 16.9 Å². The van der Waals surface area contributed by atoms with Crippen LogP contribution < -0.4 is 11.1 Å². The lowest BCUT2D eigenvalue weighted by Crippen LogP contribution is -2.51. The Kier molecular flexibility index (Phi) is 3.59. The summed E-state index contributed by atoms with van der Waals surface area (Å²) in [6.07, 6.45) is 2.50. The summed E-state index contributed by atoms with van der Waals surface area (Å²) in [6.45, 7) is 10.6. The van der Waals surface area contributed by atoms with E-state index in [0.29, 0.717) is 4.99 Å². The Hall–Kier alpha value is -0.640. The van der Waals surface area contributed by atoms with Crippen molar-refractivity contribution in [1.29, 1.82) is 0 Å². The Morgan fingerprint density at radius 2 is 1.76 bits per heavy atom. The van der Waals surface area contributed by atoms with E-state index in [2.05, 4.69) is 26.1 Å². The molecule has 0 bridgehead atoms. The van der Waals surface area contributed by atoms with Crippen LogP contribution in [0.25, 0.3) is 0 Å². The van der Waals surface area contributed by atoms with Crippen molar-refractivity contribution < 1.29 is 4.79 Å². The zero-order valence-electron chi connectivity index (χ0n) is 11.5. The van der Waals surface area contributed by atoms with Crippen LogP contribution in [0.2, 0.25) is 0 Å². The lowest BCUT2D eigenvalue weighted by atomic mass is 9.81. The summed E-state index contributed by atoms with van der Waals surface area (Å²) in [6, 6.07) is 0. The molecule has 17 heavy (non-hydrogen) atoms. The third kappa shape index (κ3) is 3.66. The first kappa shape index (κ1) is 14.4. The van der Waals surface area contributed by atoms with Gasteiger partial charge in [-0.3, -0.25) is 4.79 Å². The summed E-state index contributed by atoms with van der Waals surface area (Å²) in [4.78, 5) is 12.5. The average Bonchev–Trinajstić information content (AvgIpc) is 2.75. The van der Waals surface area contributed by atoms with Gasteiger partial charge >= 0.3 is 0 Å². The predicted octanol–water partition coefficient (Wildman–Crippen LogP) is 2.38. The maximum Gasteiger partial charge on any atom is 0.233 e. The molecule has 3 nitrogen and oxygen atoms in total. The van der Waals surface area contributed by atoms with Gasteiger partial charge in [-0.15, -0.1) is 0 Å². The summed E-state index contributed by atoms with van der Waals surface area (Å²) in [5.74, 6) is -0.000694. The second-order valence-electron chi connectivity index (χ2n) is 7.02. The lowest BCUT2D eigenvalue weighted by molar-refractivity contribution is -0.125. The van der Waals surface area contributed by atoms with Crippen molar-refractivity contribution in [2.75, 3.05) is 0 Å². The monoisotopic (exact) mass is 256 g/mol. The van der Waals surface area contributed by atoms with Crippen LogP contribution in [-0.2, 0) is 4.79 Å². The molecule has 0 aromatic rings. The van der Waals surface area contributed by atoms with E-state index in [1.165, 1.54) is 0 Å². The summed E-state index contributed by atoms with van der Waals surface area (Å²) in [5, 5.41) is 3.09. The lowest BCUT2D eigenvalue weighted by Gasteiger charge is -2.34. The van der Waals surface area contributed by atoms with E-state index >= 15 is 0 Å². The van der Waals surface area contributed by atoms with E-state index in [1.54, 1.807) is 0 Å². The number of hydrogen-bond acceptors (Lipinski definition) is 2. The second kappa shape index (κ2) is 4.23. The molecule has 0 saturated heterocycles. The molecule has 3 N–H and O–H groups in total. The van der Waals surface area contributed by atoms with Crippen LogP contribution in [-0.4, -0.2) is 16.4 Å². The number of carbonyl (C=O) groups excluding carboxylic acids is 1. The van der Waals surface area contributed by atoms with Crippen LogP contribution in [0.4, 0.5) is 0 Å². The zero-order chi connectivity index (χ0) is 13.5. The second-order valence-corrected chi connectivity index (χ2v) is 7.46. The molecule has 1 rings (SSSR count). The molecule has 98 valence electrons. The standard InChI is InChI=1S/C13H24N2OS/c1-11(2,3)8-12(4,5)15-10(16)13(6-7-13)9(14)17/h6-8H2,1-5H3,(H2,14,17)(H,15,16). The number of thiocarbonyl (C=S) groups is 1. The van der Waals surface area contributed by atoms with Crippen LogP contribution in [0.3, 0.4) is 0 Å². The molecule has 1 fully saturated rings. The van der Waals surface area contributed by atoms with Gasteiger partial charge in [0.05, 0.1) is 10.4 Å². The Morgan fingerprint density at radius 1 is 1.29 bits per heavy atom. The number of rotatable bonds is 4. The molecule has 1 aliphatic rings. The van der Waals surface area contributed by atoms with E-state index in [0.717, 1.165) is 19.3 Å². The fourth-order valence-electron chi connectivity index (χ4n) is 2.51. The molecule has 4 heteroatoms. The number of carbonyl (C=O) groups is 1.